The lowest BCUT2D eigenvalue weighted by Crippen LogP contribution is -2.50. The van der Waals surface area contributed by atoms with Crippen molar-refractivity contribution < 1.29 is 37.1 Å². The third kappa shape index (κ3) is 5.85. The molecular weight excluding hydrogens is 409 g/mol. The molecule has 0 spiro atoms. The maximum atomic E-state index is 12.0. The number of carboxylic acids is 1. The monoisotopic (exact) mass is 436 g/mol. The number of carbonyl (C=O) groups is 2. The first-order chi connectivity index (χ1) is 13.9. The van der Waals surface area contributed by atoms with E-state index in [0.29, 0.717) is 6.04 Å². The number of urea groups is 1. The van der Waals surface area contributed by atoms with Crippen molar-refractivity contribution in [3.05, 3.63) is 17.0 Å². The Balaban J connectivity index is 0.000000396. The standard InChI is InChI=1S/C16H26N4O3.C2HF3O2/c1-10-12(11(2)23-18-10)8-20-9-13(17-16(21)19(3)4)15-14(20)6-5-7-22-15;3-2(4,5)1(6)7/h13-15H,5-9H2,1-4H3,(H,17,21);(H,6,7)/t13-,14-,15-;/m1./s1. The Kier molecular flexibility index (Phi) is 7.70. The van der Waals surface area contributed by atoms with E-state index in [2.05, 4.69) is 15.4 Å². The second kappa shape index (κ2) is 9.65. The number of likely N-dealkylation sites (tertiary alicyclic amines) is 1. The van der Waals surface area contributed by atoms with Gasteiger partial charge in [0.25, 0.3) is 0 Å². The number of hydrogen-bond acceptors (Lipinski definition) is 6. The van der Waals surface area contributed by atoms with Crippen LogP contribution in [0.2, 0.25) is 0 Å². The number of fused-ring (bicyclic) bond motifs is 1. The summed E-state index contributed by atoms with van der Waals surface area (Å²) in [5.41, 5.74) is 2.09. The number of ether oxygens (including phenoxy) is 1. The van der Waals surface area contributed by atoms with Crippen LogP contribution in [-0.4, -0.2) is 83.7 Å². The number of carbonyl (C=O) groups excluding carboxylic acids is 1. The second-order valence-corrected chi connectivity index (χ2v) is 7.53. The van der Waals surface area contributed by atoms with Gasteiger partial charge < -0.3 is 24.6 Å². The summed E-state index contributed by atoms with van der Waals surface area (Å²) < 4.78 is 43.0. The number of nitrogens with zero attached hydrogens (tertiary/aromatic N) is 3. The zero-order chi connectivity index (χ0) is 22.6. The molecule has 12 heteroatoms. The Morgan fingerprint density at radius 1 is 1.33 bits per heavy atom. The quantitative estimate of drug-likeness (QED) is 0.745. The van der Waals surface area contributed by atoms with Crippen LogP contribution >= 0.6 is 0 Å². The number of halogens is 3. The summed E-state index contributed by atoms with van der Waals surface area (Å²) in [4.78, 5) is 24.9. The topological polar surface area (TPSA) is 108 Å². The summed E-state index contributed by atoms with van der Waals surface area (Å²) in [5.74, 6) is -1.89. The van der Waals surface area contributed by atoms with E-state index in [1.165, 1.54) is 0 Å². The number of aliphatic carboxylic acids is 1. The SMILES string of the molecule is Cc1noc(C)c1CN1C[C@@H](NC(=O)N(C)C)[C@H]2OCCC[C@H]21.O=C(O)C(F)(F)F. The molecule has 3 heterocycles. The highest BCUT2D eigenvalue weighted by atomic mass is 19.4. The predicted molar refractivity (Wildman–Crippen MR) is 98.8 cm³/mol. The first kappa shape index (κ1) is 23.9. The third-order valence-corrected chi connectivity index (χ3v) is 5.13. The molecule has 2 aliphatic heterocycles. The molecule has 0 aliphatic carbocycles. The predicted octanol–water partition coefficient (Wildman–Crippen LogP) is 1.93. The molecule has 0 radical (unpaired) electrons. The van der Waals surface area contributed by atoms with Gasteiger partial charge in [-0.25, -0.2) is 9.59 Å². The van der Waals surface area contributed by atoms with E-state index in [1.807, 2.05) is 13.8 Å². The lowest BCUT2D eigenvalue weighted by molar-refractivity contribution is -0.192. The third-order valence-electron chi connectivity index (χ3n) is 5.13. The fraction of sp³-hybridized carbons (Fsp3) is 0.722. The molecule has 0 aromatic carbocycles. The Morgan fingerprint density at radius 2 is 1.97 bits per heavy atom. The maximum Gasteiger partial charge on any atom is 0.490 e. The number of aryl methyl sites for hydroxylation is 2. The highest BCUT2D eigenvalue weighted by Gasteiger charge is 2.45. The maximum absolute atomic E-state index is 12.0. The molecule has 9 nitrogen and oxygen atoms in total. The minimum Gasteiger partial charge on any atom is -0.475 e. The average Bonchev–Trinajstić information content (AvgIpc) is 3.16. The number of rotatable bonds is 3. The molecule has 0 unspecified atom stereocenters. The van der Waals surface area contributed by atoms with E-state index < -0.39 is 12.1 Å². The van der Waals surface area contributed by atoms with Crippen molar-refractivity contribution in [1.29, 1.82) is 0 Å². The van der Waals surface area contributed by atoms with Crippen LogP contribution in [0.5, 0.6) is 0 Å². The minimum absolute atomic E-state index is 0.0238. The van der Waals surface area contributed by atoms with Gasteiger partial charge in [-0.1, -0.05) is 5.16 Å². The van der Waals surface area contributed by atoms with E-state index in [9.17, 15) is 18.0 Å². The molecule has 2 saturated heterocycles. The van der Waals surface area contributed by atoms with E-state index in [1.54, 1.807) is 19.0 Å². The van der Waals surface area contributed by atoms with Gasteiger partial charge in [-0.15, -0.1) is 0 Å². The summed E-state index contributed by atoms with van der Waals surface area (Å²) in [6.07, 6.45) is -2.86. The molecule has 2 N–H and O–H groups in total. The molecular formula is C18H27F3N4O5. The zero-order valence-electron chi connectivity index (χ0n) is 17.3. The van der Waals surface area contributed by atoms with Gasteiger partial charge in [0.15, 0.2) is 0 Å². The van der Waals surface area contributed by atoms with Gasteiger partial charge in [0.2, 0.25) is 0 Å². The number of amides is 2. The highest BCUT2D eigenvalue weighted by Crippen LogP contribution is 2.31. The average molecular weight is 436 g/mol. The molecule has 1 aromatic heterocycles. The minimum atomic E-state index is -5.08. The van der Waals surface area contributed by atoms with Gasteiger partial charge >= 0.3 is 18.2 Å². The summed E-state index contributed by atoms with van der Waals surface area (Å²) in [5, 5.41) is 14.3. The first-order valence-electron chi connectivity index (χ1n) is 9.47. The van der Waals surface area contributed by atoms with Gasteiger partial charge in [0.05, 0.1) is 17.8 Å². The fourth-order valence-corrected chi connectivity index (χ4v) is 3.58. The molecule has 0 saturated carbocycles. The number of carboxylic acid groups (broad SMARTS) is 1. The van der Waals surface area contributed by atoms with Crippen LogP contribution in [0.4, 0.5) is 18.0 Å². The Labute approximate surface area is 172 Å². The van der Waals surface area contributed by atoms with E-state index in [4.69, 9.17) is 19.2 Å². The molecule has 0 bridgehead atoms. The van der Waals surface area contributed by atoms with Crippen molar-refractivity contribution in [3.8, 4) is 0 Å². The van der Waals surface area contributed by atoms with Crippen LogP contribution in [0.25, 0.3) is 0 Å². The summed E-state index contributed by atoms with van der Waals surface area (Å²) in [6, 6.07) is 0.294. The van der Waals surface area contributed by atoms with Crippen LogP contribution in [0.3, 0.4) is 0 Å². The van der Waals surface area contributed by atoms with Crippen LogP contribution < -0.4 is 5.32 Å². The summed E-state index contributed by atoms with van der Waals surface area (Å²) in [7, 11) is 3.51. The van der Waals surface area contributed by atoms with Crippen LogP contribution in [-0.2, 0) is 16.1 Å². The molecule has 1 aromatic rings. The lowest BCUT2D eigenvalue weighted by atomic mass is 10.0. The lowest BCUT2D eigenvalue weighted by Gasteiger charge is -2.32. The largest absolute Gasteiger partial charge is 0.490 e. The van der Waals surface area contributed by atoms with Crippen LogP contribution in [0, 0.1) is 13.8 Å². The van der Waals surface area contributed by atoms with Crippen molar-refractivity contribution in [2.75, 3.05) is 27.2 Å². The van der Waals surface area contributed by atoms with Gasteiger partial charge in [0.1, 0.15) is 5.76 Å². The molecule has 2 fully saturated rings. The van der Waals surface area contributed by atoms with Crippen LogP contribution in [0.15, 0.2) is 4.52 Å². The van der Waals surface area contributed by atoms with E-state index in [0.717, 1.165) is 49.6 Å². The number of hydrogen-bond donors (Lipinski definition) is 2. The smallest absolute Gasteiger partial charge is 0.475 e. The molecule has 2 aliphatic rings. The summed E-state index contributed by atoms with van der Waals surface area (Å²) >= 11 is 0. The van der Waals surface area contributed by atoms with Gasteiger partial charge in [-0.3, -0.25) is 4.90 Å². The van der Waals surface area contributed by atoms with Crippen molar-refractivity contribution in [3.63, 3.8) is 0 Å². The Bertz CT molecular complexity index is 733. The molecule has 170 valence electrons. The van der Waals surface area contributed by atoms with Gasteiger partial charge in [-0.2, -0.15) is 13.2 Å². The number of nitrogens with one attached hydrogen (secondary N) is 1. The number of alkyl halides is 3. The van der Waals surface area contributed by atoms with Gasteiger partial charge in [-0.05, 0) is 26.7 Å². The Hall–Kier alpha value is -2.34. The molecule has 3 atom stereocenters. The molecule has 2 amide bonds. The van der Waals surface area contributed by atoms with Crippen molar-refractivity contribution >= 4 is 12.0 Å². The molecule has 30 heavy (non-hydrogen) atoms. The molecule has 3 rings (SSSR count). The summed E-state index contributed by atoms with van der Waals surface area (Å²) in [6.45, 7) is 6.28. The Morgan fingerprint density at radius 3 is 2.47 bits per heavy atom. The fourth-order valence-electron chi connectivity index (χ4n) is 3.58. The number of aromatic nitrogens is 1. The van der Waals surface area contributed by atoms with Crippen molar-refractivity contribution in [2.45, 2.75) is 57.6 Å². The normalized spacial score (nSPS) is 23.9. The van der Waals surface area contributed by atoms with Crippen LogP contribution in [0.1, 0.15) is 29.9 Å². The van der Waals surface area contributed by atoms with Gasteiger partial charge in [0, 0.05) is 45.4 Å². The van der Waals surface area contributed by atoms with E-state index in [-0.39, 0.29) is 18.2 Å². The van der Waals surface area contributed by atoms with Crippen molar-refractivity contribution in [1.82, 2.24) is 20.3 Å². The first-order valence-corrected chi connectivity index (χ1v) is 9.47. The zero-order valence-corrected chi connectivity index (χ0v) is 17.3. The van der Waals surface area contributed by atoms with Crippen molar-refractivity contribution in [2.24, 2.45) is 0 Å². The van der Waals surface area contributed by atoms with E-state index >= 15 is 0 Å². The highest BCUT2D eigenvalue weighted by molar-refractivity contribution is 5.74. The second-order valence-electron chi connectivity index (χ2n) is 7.53.